The van der Waals surface area contributed by atoms with Crippen LogP contribution in [-0.2, 0) is 11.2 Å². The first-order valence-corrected chi connectivity index (χ1v) is 11.2. The van der Waals surface area contributed by atoms with Crippen LogP contribution in [0.3, 0.4) is 0 Å². The first-order chi connectivity index (χ1) is 15.0. The van der Waals surface area contributed by atoms with Gasteiger partial charge in [-0.3, -0.25) is 4.79 Å². The second-order valence-electron chi connectivity index (χ2n) is 8.39. The summed E-state index contributed by atoms with van der Waals surface area (Å²) in [5.41, 5.74) is 1.95. The minimum atomic E-state index is 0.0804. The number of para-hydroxylation sites is 1. The Hall–Kier alpha value is -2.80. The lowest BCUT2D eigenvalue weighted by atomic mass is 9.91. The van der Waals surface area contributed by atoms with Crippen molar-refractivity contribution in [3.63, 3.8) is 0 Å². The van der Waals surface area contributed by atoms with Crippen LogP contribution in [0.4, 0.5) is 11.8 Å². The van der Waals surface area contributed by atoms with Gasteiger partial charge in [-0.2, -0.15) is 4.98 Å². The third kappa shape index (κ3) is 5.47. The first-order valence-electron chi connectivity index (χ1n) is 10.8. The van der Waals surface area contributed by atoms with E-state index in [2.05, 4.69) is 29.3 Å². The molecule has 7 heteroatoms. The Morgan fingerprint density at radius 1 is 1.00 bits per heavy atom. The van der Waals surface area contributed by atoms with Crippen molar-refractivity contribution in [1.29, 1.82) is 0 Å². The fourth-order valence-electron chi connectivity index (χ4n) is 4.11. The molecule has 0 unspecified atom stereocenters. The average molecular weight is 436 g/mol. The fraction of sp³-hybridized carbons (Fsp3) is 0.375. The number of benzene rings is 2. The van der Waals surface area contributed by atoms with Gasteiger partial charge in [0, 0.05) is 36.5 Å². The number of nitrogens with zero attached hydrogens (tertiary/aromatic N) is 3. The van der Waals surface area contributed by atoms with Gasteiger partial charge in [0.1, 0.15) is 5.82 Å². The highest BCUT2D eigenvalue weighted by Crippen LogP contribution is 2.26. The van der Waals surface area contributed by atoms with E-state index >= 15 is 0 Å². The third-order valence-corrected chi connectivity index (χ3v) is 6.03. The molecule has 2 aromatic carbocycles. The number of carbonyl (C=O) groups is 1. The van der Waals surface area contributed by atoms with Gasteiger partial charge in [0.05, 0.1) is 11.9 Å². The van der Waals surface area contributed by atoms with Crippen LogP contribution in [0.2, 0.25) is 0 Å². The Bertz CT molecular complexity index is 1050. The number of anilines is 2. The topological polar surface area (TPSA) is 70.2 Å². The Balaban J connectivity index is 1.32. The van der Waals surface area contributed by atoms with Crippen molar-refractivity contribution in [2.75, 3.05) is 24.3 Å². The standard InChI is InChI=1S/C24H29N5OS/c1-29(2)23-20-5-3-4-6-21(20)27-24(28-23)26-18-11-9-17(10-12-18)25-22(30)15-16-7-13-19(31)14-8-16/h3-8,13-14,17-18,31H,9-12,15H2,1-2H3,(H,25,30)(H,26,27,28)/t17-,18+. The van der Waals surface area contributed by atoms with Crippen LogP contribution in [0.25, 0.3) is 10.9 Å². The zero-order valence-corrected chi connectivity index (χ0v) is 18.9. The molecule has 162 valence electrons. The zero-order valence-electron chi connectivity index (χ0n) is 18.0. The number of rotatable bonds is 6. The summed E-state index contributed by atoms with van der Waals surface area (Å²) in [5.74, 6) is 1.67. The molecule has 0 saturated heterocycles. The maximum absolute atomic E-state index is 12.4. The van der Waals surface area contributed by atoms with E-state index in [0.29, 0.717) is 18.4 Å². The number of fused-ring (bicyclic) bond motifs is 1. The molecule has 1 aliphatic rings. The average Bonchev–Trinajstić information content (AvgIpc) is 2.76. The molecular formula is C24H29N5OS. The Morgan fingerprint density at radius 3 is 2.39 bits per heavy atom. The predicted molar refractivity (Wildman–Crippen MR) is 129 cm³/mol. The molecule has 0 spiro atoms. The van der Waals surface area contributed by atoms with Crippen LogP contribution in [0.15, 0.2) is 53.4 Å². The van der Waals surface area contributed by atoms with Crippen LogP contribution >= 0.6 is 12.6 Å². The molecule has 2 N–H and O–H groups in total. The highest BCUT2D eigenvalue weighted by molar-refractivity contribution is 7.80. The van der Waals surface area contributed by atoms with Gasteiger partial charge in [-0.15, -0.1) is 12.6 Å². The number of hydrogen-bond acceptors (Lipinski definition) is 6. The molecule has 0 atom stereocenters. The molecule has 0 bridgehead atoms. The second kappa shape index (κ2) is 9.56. The molecule has 4 rings (SSSR count). The lowest BCUT2D eigenvalue weighted by molar-refractivity contribution is -0.121. The Labute approximate surface area is 188 Å². The summed E-state index contributed by atoms with van der Waals surface area (Å²) in [6.45, 7) is 0. The highest BCUT2D eigenvalue weighted by atomic mass is 32.1. The van der Waals surface area contributed by atoms with E-state index in [1.54, 1.807) is 0 Å². The van der Waals surface area contributed by atoms with E-state index in [-0.39, 0.29) is 11.9 Å². The van der Waals surface area contributed by atoms with Crippen molar-refractivity contribution >= 4 is 41.2 Å². The number of carbonyl (C=O) groups excluding carboxylic acids is 1. The van der Waals surface area contributed by atoms with Crippen LogP contribution in [0, 0.1) is 0 Å². The van der Waals surface area contributed by atoms with Gasteiger partial charge < -0.3 is 15.5 Å². The molecule has 1 fully saturated rings. The Kier molecular flexibility index (Phi) is 6.61. The summed E-state index contributed by atoms with van der Waals surface area (Å²) in [6, 6.07) is 16.4. The van der Waals surface area contributed by atoms with Crippen LogP contribution in [-0.4, -0.2) is 42.1 Å². The van der Waals surface area contributed by atoms with Gasteiger partial charge in [-0.25, -0.2) is 4.98 Å². The molecule has 0 aliphatic heterocycles. The molecule has 1 heterocycles. The van der Waals surface area contributed by atoms with Crippen LogP contribution in [0.5, 0.6) is 0 Å². The number of nitrogens with one attached hydrogen (secondary N) is 2. The molecule has 1 aromatic heterocycles. The SMILES string of the molecule is CN(C)c1nc(N[C@H]2CC[C@@H](NC(=O)Cc3ccc(S)cc3)CC2)nc2ccccc12. The van der Waals surface area contributed by atoms with Crippen molar-refractivity contribution in [2.24, 2.45) is 0 Å². The smallest absolute Gasteiger partial charge is 0.225 e. The molecule has 1 amide bonds. The van der Waals surface area contributed by atoms with E-state index in [1.807, 2.05) is 61.5 Å². The first kappa shape index (κ1) is 21.4. The van der Waals surface area contributed by atoms with Crippen LogP contribution in [0.1, 0.15) is 31.2 Å². The normalized spacial score (nSPS) is 18.5. The van der Waals surface area contributed by atoms with Gasteiger partial charge in [0.2, 0.25) is 11.9 Å². The maximum atomic E-state index is 12.4. The van der Waals surface area contributed by atoms with E-state index < -0.39 is 0 Å². The molecule has 1 aliphatic carbocycles. The van der Waals surface area contributed by atoms with E-state index in [0.717, 1.165) is 52.9 Å². The maximum Gasteiger partial charge on any atom is 0.225 e. The zero-order chi connectivity index (χ0) is 21.8. The number of hydrogen-bond donors (Lipinski definition) is 3. The molecule has 1 saturated carbocycles. The lowest BCUT2D eigenvalue weighted by Crippen LogP contribution is -2.40. The summed E-state index contributed by atoms with van der Waals surface area (Å²) in [4.78, 5) is 24.8. The van der Waals surface area contributed by atoms with Gasteiger partial charge in [0.15, 0.2) is 0 Å². The molecular weight excluding hydrogens is 406 g/mol. The minimum Gasteiger partial charge on any atom is -0.362 e. The number of thiol groups is 1. The molecule has 6 nitrogen and oxygen atoms in total. The van der Waals surface area contributed by atoms with Crippen molar-refractivity contribution in [3.8, 4) is 0 Å². The van der Waals surface area contributed by atoms with Crippen molar-refractivity contribution in [3.05, 3.63) is 54.1 Å². The van der Waals surface area contributed by atoms with Crippen molar-refractivity contribution < 1.29 is 4.79 Å². The summed E-state index contributed by atoms with van der Waals surface area (Å²) in [6.07, 6.45) is 4.27. The summed E-state index contributed by atoms with van der Waals surface area (Å²) < 4.78 is 0. The lowest BCUT2D eigenvalue weighted by Gasteiger charge is -2.30. The van der Waals surface area contributed by atoms with Gasteiger partial charge >= 0.3 is 0 Å². The largest absolute Gasteiger partial charge is 0.362 e. The van der Waals surface area contributed by atoms with E-state index in [4.69, 9.17) is 9.97 Å². The number of amides is 1. The predicted octanol–water partition coefficient (Wildman–Crippen LogP) is 4.07. The third-order valence-electron chi connectivity index (χ3n) is 5.73. The minimum absolute atomic E-state index is 0.0804. The van der Waals surface area contributed by atoms with Gasteiger partial charge in [0.25, 0.3) is 0 Å². The highest BCUT2D eigenvalue weighted by Gasteiger charge is 2.23. The fourth-order valence-corrected chi connectivity index (χ4v) is 4.26. The second-order valence-corrected chi connectivity index (χ2v) is 8.90. The van der Waals surface area contributed by atoms with E-state index in [9.17, 15) is 4.79 Å². The van der Waals surface area contributed by atoms with Gasteiger partial charge in [-0.1, -0.05) is 24.3 Å². The molecule has 0 radical (unpaired) electrons. The number of aromatic nitrogens is 2. The quantitative estimate of drug-likeness (QED) is 0.509. The van der Waals surface area contributed by atoms with E-state index in [1.165, 1.54) is 0 Å². The summed E-state index contributed by atoms with van der Waals surface area (Å²) in [5, 5.41) is 7.76. The molecule has 3 aromatic rings. The Morgan fingerprint density at radius 2 is 1.68 bits per heavy atom. The van der Waals surface area contributed by atoms with Crippen molar-refractivity contribution in [2.45, 2.75) is 49.1 Å². The molecule has 31 heavy (non-hydrogen) atoms. The van der Waals surface area contributed by atoms with Gasteiger partial charge in [-0.05, 0) is 55.5 Å². The summed E-state index contributed by atoms with van der Waals surface area (Å²) >= 11 is 4.29. The van der Waals surface area contributed by atoms with Crippen LogP contribution < -0.4 is 15.5 Å². The monoisotopic (exact) mass is 435 g/mol. The van der Waals surface area contributed by atoms with Crippen molar-refractivity contribution in [1.82, 2.24) is 15.3 Å². The summed E-state index contributed by atoms with van der Waals surface area (Å²) in [7, 11) is 4.00.